The number of hydrogen-bond donors (Lipinski definition) is 0. The van der Waals surface area contributed by atoms with Crippen LogP contribution in [0.4, 0.5) is 0 Å². The van der Waals surface area contributed by atoms with Crippen molar-refractivity contribution in [3.05, 3.63) is 85.1 Å². The zero-order chi connectivity index (χ0) is 43.0. The van der Waals surface area contributed by atoms with Crippen molar-refractivity contribution in [2.24, 2.45) is 0 Å². The molecule has 1 unspecified atom stereocenters. The lowest BCUT2D eigenvalue weighted by Crippen LogP contribution is -2.30. The van der Waals surface area contributed by atoms with E-state index in [1.165, 1.54) is 77.0 Å². The van der Waals surface area contributed by atoms with Gasteiger partial charge in [0.15, 0.2) is 6.10 Å². The summed E-state index contributed by atoms with van der Waals surface area (Å²) in [5.41, 5.74) is 0. The van der Waals surface area contributed by atoms with Gasteiger partial charge in [-0.2, -0.15) is 0 Å². The van der Waals surface area contributed by atoms with Crippen LogP contribution >= 0.6 is 0 Å². The Morgan fingerprint density at radius 3 is 1.15 bits per heavy atom. The first kappa shape index (κ1) is 55.6. The number of esters is 3. The number of ether oxygens (including phenoxy) is 3. The number of allylic oxidation sites excluding steroid dienone is 14. The highest BCUT2D eigenvalue weighted by Gasteiger charge is 2.19. The van der Waals surface area contributed by atoms with Gasteiger partial charge in [0.2, 0.25) is 0 Å². The second-order valence-electron chi connectivity index (χ2n) is 15.6. The van der Waals surface area contributed by atoms with Crippen LogP contribution < -0.4 is 0 Å². The lowest BCUT2D eigenvalue weighted by atomic mass is 10.1. The van der Waals surface area contributed by atoms with E-state index in [1.54, 1.807) is 0 Å². The van der Waals surface area contributed by atoms with E-state index in [0.29, 0.717) is 19.3 Å². The van der Waals surface area contributed by atoms with Crippen molar-refractivity contribution in [2.75, 3.05) is 13.2 Å². The zero-order valence-corrected chi connectivity index (χ0v) is 38.2. The molecule has 0 saturated carbocycles. The Morgan fingerprint density at radius 1 is 0.356 bits per heavy atom. The van der Waals surface area contributed by atoms with E-state index in [-0.39, 0.29) is 37.5 Å². The van der Waals surface area contributed by atoms with Gasteiger partial charge in [0.05, 0.1) is 0 Å². The molecule has 0 amide bonds. The van der Waals surface area contributed by atoms with Crippen LogP contribution in [0.25, 0.3) is 0 Å². The summed E-state index contributed by atoms with van der Waals surface area (Å²) in [5.74, 6) is -1.02. The van der Waals surface area contributed by atoms with E-state index in [0.717, 1.165) is 89.9 Å². The maximum absolute atomic E-state index is 12.7. The van der Waals surface area contributed by atoms with E-state index in [9.17, 15) is 14.4 Å². The molecule has 0 aromatic carbocycles. The fourth-order valence-electron chi connectivity index (χ4n) is 6.28. The number of unbranched alkanes of at least 4 members (excludes halogenated alkanes) is 17. The van der Waals surface area contributed by atoms with E-state index < -0.39 is 6.10 Å². The van der Waals surface area contributed by atoms with Gasteiger partial charge in [-0.1, -0.05) is 196 Å². The lowest BCUT2D eigenvalue weighted by Gasteiger charge is -2.18. The van der Waals surface area contributed by atoms with Gasteiger partial charge in [0.1, 0.15) is 13.2 Å². The van der Waals surface area contributed by atoms with Gasteiger partial charge in [-0.25, -0.2) is 0 Å². The molecule has 0 aliphatic rings. The van der Waals surface area contributed by atoms with E-state index >= 15 is 0 Å². The Morgan fingerprint density at radius 2 is 0.695 bits per heavy atom. The quantitative estimate of drug-likeness (QED) is 0.0264. The third-order valence-electron chi connectivity index (χ3n) is 9.90. The van der Waals surface area contributed by atoms with Crippen molar-refractivity contribution >= 4 is 17.9 Å². The molecule has 6 nitrogen and oxygen atoms in total. The van der Waals surface area contributed by atoms with E-state index in [2.05, 4.69) is 93.7 Å². The highest BCUT2D eigenvalue weighted by Crippen LogP contribution is 2.13. The molecule has 0 N–H and O–H groups in total. The summed E-state index contributed by atoms with van der Waals surface area (Å²) < 4.78 is 16.6. The molecular formula is C53H88O6. The predicted molar refractivity (Wildman–Crippen MR) is 251 cm³/mol. The van der Waals surface area contributed by atoms with Crippen molar-refractivity contribution < 1.29 is 28.6 Å². The highest BCUT2D eigenvalue weighted by atomic mass is 16.6. The predicted octanol–water partition coefficient (Wildman–Crippen LogP) is 15.6. The van der Waals surface area contributed by atoms with Crippen molar-refractivity contribution in [1.29, 1.82) is 0 Å². The zero-order valence-electron chi connectivity index (χ0n) is 38.2. The Balaban J connectivity index is 4.48. The molecule has 0 rings (SSSR count). The van der Waals surface area contributed by atoms with E-state index in [4.69, 9.17) is 14.2 Å². The fourth-order valence-corrected chi connectivity index (χ4v) is 6.28. The van der Waals surface area contributed by atoms with Crippen LogP contribution in [0, 0.1) is 0 Å². The standard InChI is InChI=1S/C53H88O6/c1-4-7-10-13-16-19-21-23-24-25-26-27-28-30-31-34-37-40-43-46-52(55)58-49-50(48-57-51(54)45-42-39-36-33-18-15-12-9-6-3)59-53(56)47-44-41-38-35-32-29-22-20-17-14-11-8-5-2/h7,10,16,19,23-24,26-27,29-32,37,40,50H,4-6,8-9,11-15,17-18,20-22,25,28,33-36,38-39,41-49H2,1-3H3/b10-7-,19-16-,24-23-,27-26-,31-30-,32-29-,40-37-. The maximum atomic E-state index is 12.7. The number of hydrogen-bond acceptors (Lipinski definition) is 6. The molecule has 0 saturated heterocycles. The second kappa shape index (κ2) is 47.3. The summed E-state index contributed by atoms with van der Waals surface area (Å²) in [6, 6.07) is 0. The molecule has 0 radical (unpaired) electrons. The number of carbonyl (C=O) groups excluding carboxylic acids is 3. The minimum atomic E-state index is -0.811. The molecule has 0 aliphatic heterocycles. The Kier molecular flexibility index (Phi) is 44.5. The first-order valence-electron chi connectivity index (χ1n) is 24.1. The Labute approximate surface area is 363 Å². The van der Waals surface area contributed by atoms with Crippen LogP contribution in [0.2, 0.25) is 0 Å². The third kappa shape index (κ3) is 45.5. The van der Waals surface area contributed by atoms with Crippen molar-refractivity contribution in [3.63, 3.8) is 0 Å². The van der Waals surface area contributed by atoms with Gasteiger partial charge < -0.3 is 14.2 Å². The largest absolute Gasteiger partial charge is 0.462 e. The summed E-state index contributed by atoms with van der Waals surface area (Å²) in [6.45, 7) is 6.40. The minimum Gasteiger partial charge on any atom is -0.462 e. The van der Waals surface area contributed by atoms with Gasteiger partial charge in [-0.3, -0.25) is 14.4 Å². The third-order valence-corrected chi connectivity index (χ3v) is 9.90. The molecule has 0 aliphatic carbocycles. The van der Waals surface area contributed by atoms with Crippen LogP contribution in [0.3, 0.4) is 0 Å². The molecule has 1 atom stereocenters. The Hall–Kier alpha value is -3.41. The van der Waals surface area contributed by atoms with Crippen LogP contribution in [0.1, 0.15) is 213 Å². The number of carbonyl (C=O) groups is 3. The van der Waals surface area contributed by atoms with Gasteiger partial charge >= 0.3 is 17.9 Å². The van der Waals surface area contributed by atoms with Crippen LogP contribution in [0.15, 0.2) is 85.1 Å². The number of rotatable bonds is 42. The summed E-state index contributed by atoms with van der Waals surface area (Å²) in [7, 11) is 0. The average molecular weight is 821 g/mol. The summed E-state index contributed by atoms with van der Waals surface area (Å²) in [5, 5.41) is 0. The van der Waals surface area contributed by atoms with Crippen LogP contribution in [0.5, 0.6) is 0 Å². The molecule has 0 spiro atoms. The van der Waals surface area contributed by atoms with Gasteiger partial charge in [0.25, 0.3) is 0 Å². The molecular weight excluding hydrogens is 733 g/mol. The topological polar surface area (TPSA) is 78.9 Å². The summed E-state index contributed by atoms with van der Waals surface area (Å²) in [4.78, 5) is 37.7. The van der Waals surface area contributed by atoms with Gasteiger partial charge in [0, 0.05) is 19.3 Å². The minimum absolute atomic E-state index is 0.105. The summed E-state index contributed by atoms with van der Waals surface area (Å²) >= 11 is 0. The lowest BCUT2D eigenvalue weighted by molar-refractivity contribution is -0.166. The molecule has 0 fully saturated rings. The highest BCUT2D eigenvalue weighted by molar-refractivity contribution is 5.71. The second-order valence-corrected chi connectivity index (χ2v) is 15.6. The SMILES string of the molecule is CC/C=C\C/C=C\C/C=C\C/C=C\C/C=C\C/C=C\CCC(=O)OCC(COC(=O)CCCCCCCCCCC)OC(=O)CCCCC/C=C\CCCCCCCC. The van der Waals surface area contributed by atoms with Crippen molar-refractivity contribution in [2.45, 2.75) is 219 Å². The Bertz CT molecular complexity index is 1170. The average Bonchev–Trinajstić information content (AvgIpc) is 3.23. The van der Waals surface area contributed by atoms with Crippen LogP contribution in [-0.4, -0.2) is 37.2 Å². The first-order chi connectivity index (χ1) is 29.0. The van der Waals surface area contributed by atoms with Crippen LogP contribution in [-0.2, 0) is 28.6 Å². The molecule has 336 valence electrons. The first-order valence-corrected chi connectivity index (χ1v) is 24.1. The monoisotopic (exact) mass is 821 g/mol. The fraction of sp³-hybridized carbons (Fsp3) is 0.679. The van der Waals surface area contributed by atoms with Gasteiger partial charge in [-0.05, 0) is 83.5 Å². The molecule has 59 heavy (non-hydrogen) atoms. The van der Waals surface area contributed by atoms with Gasteiger partial charge in [-0.15, -0.1) is 0 Å². The van der Waals surface area contributed by atoms with Crippen molar-refractivity contribution in [3.8, 4) is 0 Å². The molecule has 6 heteroatoms. The van der Waals surface area contributed by atoms with E-state index in [1.807, 2.05) is 12.2 Å². The maximum Gasteiger partial charge on any atom is 0.306 e. The normalized spacial score (nSPS) is 12.8. The van der Waals surface area contributed by atoms with Crippen molar-refractivity contribution in [1.82, 2.24) is 0 Å². The molecule has 0 aromatic rings. The smallest absolute Gasteiger partial charge is 0.306 e. The molecule has 0 bridgehead atoms. The molecule has 0 heterocycles. The molecule has 0 aromatic heterocycles. The summed E-state index contributed by atoms with van der Waals surface area (Å²) in [6.07, 6.45) is 60.1.